The van der Waals surface area contributed by atoms with Gasteiger partial charge >= 0.3 is 0 Å². The zero-order valence-corrected chi connectivity index (χ0v) is 14.5. The van der Waals surface area contributed by atoms with Gasteiger partial charge in [0.25, 0.3) is 0 Å². The first-order valence-corrected chi connectivity index (χ1v) is 8.57. The minimum atomic E-state index is 0.132. The molecule has 98 valence electrons. The Bertz CT molecular complexity index is 468. The fourth-order valence-corrected chi connectivity index (χ4v) is 4.47. The van der Waals surface area contributed by atoms with E-state index in [0.29, 0.717) is 6.61 Å². The van der Waals surface area contributed by atoms with E-state index in [1.807, 2.05) is 11.6 Å². The molecule has 0 spiro atoms. The highest BCUT2D eigenvalue weighted by Gasteiger charge is 2.19. The average molecular weight is 412 g/mol. The summed E-state index contributed by atoms with van der Waals surface area (Å²) in [5.74, 6) is 0. The van der Waals surface area contributed by atoms with Crippen molar-refractivity contribution >= 4 is 54.5 Å². The fourth-order valence-electron chi connectivity index (χ4n) is 1.50. The van der Waals surface area contributed by atoms with Crippen LogP contribution in [0, 0.1) is 0 Å². The van der Waals surface area contributed by atoms with Gasteiger partial charge in [-0.2, -0.15) is 0 Å². The van der Waals surface area contributed by atoms with Gasteiger partial charge in [0.1, 0.15) is 5.01 Å². The van der Waals surface area contributed by atoms with Crippen LogP contribution in [0.1, 0.15) is 15.9 Å². The molecule has 2 aromatic rings. The Kier molecular flexibility index (Phi) is 5.78. The second-order valence-corrected chi connectivity index (χ2v) is 7.70. The summed E-state index contributed by atoms with van der Waals surface area (Å²) in [6, 6.07) is 2.26. The van der Waals surface area contributed by atoms with Gasteiger partial charge in [-0.1, -0.05) is 0 Å². The van der Waals surface area contributed by atoms with Crippen molar-refractivity contribution in [3.05, 3.63) is 35.8 Å². The molecule has 1 N–H and O–H groups in total. The summed E-state index contributed by atoms with van der Waals surface area (Å²) in [5.41, 5.74) is 0. The summed E-state index contributed by atoms with van der Waals surface area (Å²) >= 11 is 10.4. The quantitative estimate of drug-likeness (QED) is 0.728. The summed E-state index contributed by atoms with van der Waals surface area (Å²) in [5, 5.41) is 6.55. The highest BCUT2D eigenvalue weighted by atomic mass is 79.9. The lowest BCUT2D eigenvalue weighted by molar-refractivity contribution is 0.197. The van der Waals surface area contributed by atoms with Crippen LogP contribution in [0.2, 0.25) is 0 Å². The second kappa shape index (κ2) is 7.12. The minimum absolute atomic E-state index is 0.132. The standard InChI is InChI=1S/C11H12Br2N2OS2/c1-16-4-2-14-9(11-15-3-5-17-11)8-6-7(12)10(13)18-8/h3,5-6,9,14H,2,4H2,1H3. The molecule has 0 aliphatic rings. The van der Waals surface area contributed by atoms with Crippen LogP contribution < -0.4 is 5.32 Å². The number of hydrogen-bond donors (Lipinski definition) is 1. The summed E-state index contributed by atoms with van der Waals surface area (Å²) in [6.07, 6.45) is 1.84. The van der Waals surface area contributed by atoms with E-state index in [4.69, 9.17) is 4.74 Å². The van der Waals surface area contributed by atoms with E-state index in [1.54, 1.807) is 29.8 Å². The van der Waals surface area contributed by atoms with E-state index in [9.17, 15) is 0 Å². The Hall–Kier alpha value is 0.210. The first-order valence-electron chi connectivity index (χ1n) is 5.29. The molecule has 2 heterocycles. The van der Waals surface area contributed by atoms with E-state index in [2.05, 4.69) is 48.2 Å². The van der Waals surface area contributed by atoms with E-state index in [-0.39, 0.29) is 6.04 Å². The molecule has 0 aliphatic carbocycles. The second-order valence-electron chi connectivity index (χ2n) is 3.52. The number of nitrogens with zero attached hydrogens (tertiary/aromatic N) is 1. The predicted molar refractivity (Wildman–Crippen MR) is 83.6 cm³/mol. The third-order valence-corrected chi connectivity index (χ3v) is 6.46. The number of methoxy groups -OCH3 is 1. The van der Waals surface area contributed by atoms with Gasteiger partial charge in [0.05, 0.1) is 16.4 Å². The van der Waals surface area contributed by atoms with Crippen molar-refractivity contribution in [1.82, 2.24) is 10.3 Å². The minimum Gasteiger partial charge on any atom is -0.383 e. The summed E-state index contributed by atoms with van der Waals surface area (Å²) in [7, 11) is 1.71. The maximum absolute atomic E-state index is 5.08. The lowest BCUT2D eigenvalue weighted by Gasteiger charge is -2.14. The van der Waals surface area contributed by atoms with E-state index < -0.39 is 0 Å². The molecule has 0 aromatic carbocycles. The Balaban J connectivity index is 2.19. The predicted octanol–water partition coefficient (Wildman–Crippen LogP) is 4.06. The van der Waals surface area contributed by atoms with E-state index in [0.717, 1.165) is 19.8 Å². The monoisotopic (exact) mass is 410 g/mol. The largest absolute Gasteiger partial charge is 0.383 e. The zero-order chi connectivity index (χ0) is 13.0. The molecule has 7 heteroatoms. The van der Waals surface area contributed by atoms with Crippen LogP contribution in [-0.4, -0.2) is 25.2 Å². The molecule has 0 bridgehead atoms. The number of hydrogen-bond acceptors (Lipinski definition) is 5. The number of aromatic nitrogens is 1. The van der Waals surface area contributed by atoms with Crippen LogP contribution in [0.25, 0.3) is 0 Å². The Morgan fingerprint density at radius 1 is 1.50 bits per heavy atom. The molecule has 3 nitrogen and oxygen atoms in total. The number of thiazole rings is 1. The van der Waals surface area contributed by atoms with Gasteiger partial charge < -0.3 is 10.1 Å². The summed E-state index contributed by atoms with van der Waals surface area (Å²) in [6.45, 7) is 1.49. The molecule has 0 radical (unpaired) electrons. The van der Waals surface area contributed by atoms with Gasteiger partial charge in [-0.3, -0.25) is 0 Å². The maximum Gasteiger partial charge on any atom is 0.115 e. The highest BCUT2D eigenvalue weighted by Crippen LogP contribution is 2.37. The lowest BCUT2D eigenvalue weighted by Crippen LogP contribution is -2.25. The molecule has 0 aliphatic heterocycles. The highest BCUT2D eigenvalue weighted by molar-refractivity contribution is 9.13. The van der Waals surface area contributed by atoms with Crippen molar-refractivity contribution in [1.29, 1.82) is 0 Å². The van der Waals surface area contributed by atoms with Gasteiger partial charge in [0.15, 0.2) is 0 Å². The third kappa shape index (κ3) is 3.61. The SMILES string of the molecule is COCCNC(c1cc(Br)c(Br)s1)c1nccs1. The van der Waals surface area contributed by atoms with E-state index >= 15 is 0 Å². The van der Waals surface area contributed by atoms with Crippen molar-refractivity contribution < 1.29 is 4.74 Å². The maximum atomic E-state index is 5.08. The normalized spacial score (nSPS) is 12.8. The van der Waals surface area contributed by atoms with Crippen LogP contribution in [-0.2, 0) is 4.74 Å². The molecule has 2 aromatic heterocycles. The van der Waals surface area contributed by atoms with Crippen LogP contribution in [0.15, 0.2) is 25.9 Å². The van der Waals surface area contributed by atoms with Gasteiger partial charge in [-0.05, 0) is 37.9 Å². The van der Waals surface area contributed by atoms with Gasteiger partial charge in [0, 0.05) is 34.6 Å². The topological polar surface area (TPSA) is 34.1 Å². The first-order chi connectivity index (χ1) is 8.72. The van der Waals surface area contributed by atoms with E-state index in [1.165, 1.54) is 4.88 Å². The number of nitrogens with one attached hydrogen (secondary N) is 1. The molecule has 0 saturated heterocycles. The molecule has 0 fully saturated rings. The van der Waals surface area contributed by atoms with Crippen molar-refractivity contribution in [3.8, 4) is 0 Å². The van der Waals surface area contributed by atoms with Gasteiger partial charge in [-0.25, -0.2) is 4.98 Å². The molecule has 18 heavy (non-hydrogen) atoms. The molecule has 0 saturated carbocycles. The van der Waals surface area contributed by atoms with Crippen molar-refractivity contribution in [3.63, 3.8) is 0 Å². The molecule has 1 unspecified atom stereocenters. The first kappa shape index (κ1) is 14.6. The number of halogens is 2. The number of thiophene rings is 1. The van der Waals surface area contributed by atoms with Crippen molar-refractivity contribution in [2.24, 2.45) is 0 Å². The van der Waals surface area contributed by atoms with Crippen molar-refractivity contribution in [2.45, 2.75) is 6.04 Å². The summed E-state index contributed by atoms with van der Waals surface area (Å²) < 4.78 is 7.27. The van der Waals surface area contributed by atoms with Gasteiger partial charge in [0.2, 0.25) is 0 Å². The number of rotatable bonds is 6. The van der Waals surface area contributed by atoms with Gasteiger partial charge in [-0.15, -0.1) is 22.7 Å². The number of ether oxygens (including phenoxy) is 1. The Labute approximate surface area is 131 Å². The van der Waals surface area contributed by atoms with Crippen LogP contribution in [0.5, 0.6) is 0 Å². The Morgan fingerprint density at radius 3 is 2.89 bits per heavy atom. The average Bonchev–Trinajstić information content (AvgIpc) is 2.96. The molecule has 2 rings (SSSR count). The molecule has 0 amide bonds. The zero-order valence-electron chi connectivity index (χ0n) is 9.65. The lowest BCUT2D eigenvalue weighted by atomic mass is 10.2. The van der Waals surface area contributed by atoms with Crippen LogP contribution >= 0.6 is 54.5 Å². The molecular formula is C11H12Br2N2OS2. The fraction of sp³-hybridized carbons (Fsp3) is 0.364. The van der Waals surface area contributed by atoms with Crippen LogP contribution in [0.4, 0.5) is 0 Å². The van der Waals surface area contributed by atoms with Crippen LogP contribution in [0.3, 0.4) is 0 Å². The Morgan fingerprint density at radius 2 is 2.33 bits per heavy atom. The molecule has 1 atom stereocenters. The third-order valence-electron chi connectivity index (χ3n) is 2.30. The van der Waals surface area contributed by atoms with Crippen molar-refractivity contribution in [2.75, 3.05) is 20.3 Å². The summed E-state index contributed by atoms with van der Waals surface area (Å²) in [4.78, 5) is 5.64. The molecular weight excluding hydrogens is 400 g/mol. The smallest absolute Gasteiger partial charge is 0.115 e.